The molecule has 0 fully saturated rings. The molecule has 0 radical (unpaired) electrons. The van der Waals surface area contributed by atoms with Gasteiger partial charge in [0.2, 0.25) is 0 Å². The van der Waals surface area contributed by atoms with E-state index in [-0.39, 0.29) is 23.6 Å². The summed E-state index contributed by atoms with van der Waals surface area (Å²) >= 11 is 7.68. The third-order valence-electron chi connectivity index (χ3n) is 4.17. The van der Waals surface area contributed by atoms with Crippen molar-refractivity contribution in [2.75, 3.05) is 32.1 Å². The van der Waals surface area contributed by atoms with Crippen molar-refractivity contribution in [3.05, 3.63) is 59.1 Å². The second-order valence-electron chi connectivity index (χ2n) is 6.30. The van der Waals surface area contributed by atoms with Gasteiger partial charge in [-0.05, 0) is 37.9 Å². The number of nitrogens with zero attached hydrogens (tertiary/aromatic N) is 2. The molecule has 1 N–H and O–H groups in total. The van der Waals surface area contributed by atoms with Gasteiger partial charge >= 0.3 is 0 Å². The average Bonchev–Trinajstić information content (AvgIpc) is 2.70. The van der Waals surface area contributed by atoms with E-state index in [1.165, 1.54) is 11.8 Å². The Balaban J connectivity index is 0.00000243. The molecule has 2 unspecified atom stereocenters. The molecule has 2 aromatic carbocycles. The summed E-state index contributed by atoms with van der Waals surface area (Å²) in [5.41, 5.74) is 1.70. The molecule has 2 aromatic rings. The van der Waals surface area contributed by atoms with Crippen LogP contribution in [-0.4, -0.2) is 49.2 Å². The number of likely N-dealkylation sites (N-methyl/N-ethyl adjacent to an activating group) is 1. The first-order valence-corrected chi connectivity index (χ1v) is 9.38. The first-order valence-electron chi connectivity index (χ1n) is 8.12. The van der Waals surface area contributed by atoms with Gasteiger partial charge in [0.05, 0.1) is 10.9 Å². The third kappa shape index (κ3) is 4.53. The number of aliphatic hydroxyl groups excluding tert-OH is 1. The lowest BCUT2D eigenvalue weighted by Gasteiger charge is -2.26. The van der Waals surface area contributed by atoms with E-state index in [4.69, 9.17) is 11.6 Å². The molecule has 1 heterocycles. The molecular weight excluding hydrogens is 391 g/mol. The van der Waals surface area contributed by atoms with E-state index in [9.17, 15) is 9.90 Å². The lowest BCUT2D eigenvalue weighted by Crippen LogP contribution is -2.43. The molecule has 3 rings (SSSR count). The number of rotatable bonds is 4. The number of amides is 1. The Morgan fingerprint density at radius 1 is 1.19 bits per heavy atom. The first-order chi connectivity index (χ1) is 12.0. The molecule has 1 amide bonds. The Hall–Kier alpha value is -1.24. The monoisotopic (exact) mass is 412 g/mol. The summed E-state index contributed by atoms with van der Waals surface area (Å²) in [4.78, 5) is 17.6. The lowest BCUT2D eigenvalue weighted by atomic mass is 10.1. The number of aliphatic hydroxyl groups is 1. The molecule has 7 heteroatoms. The Morgan fingerprint density at radius 3 is 2.54 bits per heavy atom. The van der Waals surface area contributed by atoms with Crippen molar-refractivity contribution in [1.29, 1.82) is 0 Å². The highest BCUT2D eigenvalue weighted by molar-refractivity contribution is 7.99. The summed E-state index contributed by atoms with van der Waals surface area (Å²) in [6.07, 6.45) is -1.11. The second-order valence-corrected chi connectivity index (χ2v) is 7.92. The number of thioether (sulfide) groups is 1. The van der Waals surface area contributed by atoms with E-state index < -0.39 is 6.10 Å². The van der Waals surface area contributed by atoms with E-state index >= 15 is 0 Å². The van der Waals surface area contributed by atoms with E-state index in [1.807, 2.05) is 61.5 Å². The van der Waals surface area contributed by atoms with Crippen molar-refractivity contribution in [2.45, 2.75) is 16.2 Å². The molecular formula is C19H22Cl2N2O2S. The van der Waals surface area contributed by atoms with Crippen LogP contribution in [0.4, 0.5) is 5.69 Å². The highest BCUT2D eigenvalue weighted by atomic mass is 35.5. The standard InChI is InChI=1S/C19H21ClN2O2S.ClH/c1-21(2)10-11-22-15-12-14(20)8-9-16(15)25-18(17(23)19(22)24)13-6-4-3-5-7-13;/h3-9,12,17-18,23H,10-11H2,1-2H3;1H. The quantitative estimate of drug-likeness (QED) is 0.827. The Kier molecular flexibility index (Phi) is 7.38. The van der Waals surface area contributed by atoms with Crippen molar-refractivity contribution < 1.29 is 9.90 Å². The maximum absolute atomic E-state index is 13.0. The SMILES string of the molecule is CN(C)CCN1C(=O)C(O)C(c2ccccc2)Sc2ccc(Cl)cc21.Cl. The maximum atomic E-state index is 13.0. The van der Waals surface area contributed by atoms with Gasteiger partial charge in [-0.3, -0.25) is 4.79 Å². The average molecular weight is 413 g/mol. The van der Waals surface area contributed by atoms with Gasteiger partial charge < -0.3 is 14.9 Å². The van der Waals surface area contributed by atoms with Crippen LogP contribution >= 0.6 is 35.8 Å². The van der Waals surface area contributed by atoms with Gasteiger partial charge in [0.25, 0.3) is 5.91 Å². The maximum Gasteiger partial charge on any atom is 0.257 e. The second kappa shape index (κ2) is 9.11. The number of carbonyl (C=O) groups is 1. The molecule has 0 saturated carbocycles. The van der Waals surface area contributed by atoms with Crippen LogP contribution in [0.25, 0.3) is 0 Å². The van der Waals surface area contributed by atoms with Crippen LogP contribution in [0, 0.1) is 0 Å². The molecule has 26 heavy (non-hydrogen) atoms. The van der Waals surface area contributed by atoms with Gasteiger partial charge in [0.15, 0.2) is 0 Å². The fourth-order valence-corrected chi connectivity index (χ4v) is 4.25. The fraction of sp³-hybridized carbons (Fsp3) is 0.316. The summed E-state index contributed by atoms with van der Waals surface area (Å²) in [5, 5.41) is 11.0. The number of halogens is 2. The smallest absolute Gasteiger partial charge is 0.257 e. The minimum absolute atomic E-state index is 0. The van der Waals surface area contributed by atoms with Gasteiger partial charge in [-0.15, -0.1) is 24.2 Å². The summed E-state index contributed by atoms with van der Waals surface area (Å²) in [6.45, 7) is 1.20. The highest BCUT2D eigenvalue weighted by Gasteiger charge is 2.37. The minimum Gasteiger partial charge on any atom is -0.382 e. The number of benzene rings is 2. The van der Waals surface area contributed by atoms with E-state index in [0.29, 0.717) is 18.1 Å². The topological polar surface area (TPSA) is 43.8 Å². The van der Waals surface area contributed by atoms with Gasteiger partial charge in [-0.25, -0.2) is 0 Å². The van der Waals surface area contributed by atoms with Crippen molar-refractivity contribution in [2.24, 2.45) is 0 Å². The summed E-state index contributed by atoms with van der Waals surface area (Å²) in [6, 6.07) is 15.2. The molecule has 0 aromatic heterocycles. The molecule has 0 spiro atoms. The molecule has 2 atom stereocenters. The third-order valence-corrected chi connectivity index (χ3v) is 5.79. The highest BCUT2D eigenvalue weighted by Crippen LogP contribution is 2.46. The van der Waals surface area contributed by atoms with E-state index in [1.54, 1.807) is 11.0 Å². The molecule has 1 aliphatic rings. The van der Waals surface area contributed by atoms with Crippen LogP contribution in [0.3, 0.4) is 0 Å². The molecule has 0 saturated heterocycles. The molecule has 140 valence electrons. The lowest BCUT2D eigenvalue weighted by molar-refractivity contribution is -0.126. The summed E-state index contributed by atoms with van der Waals surface area (Å²) in [7, 11) is 3.91. The number of anilines is 1. The summed E-state index contributed by atoms with van der Waals surface area (Å²) in [5.74, 6) is -0.288. The van der Waals surface area contributed by atoms with Crippen LogP contribution in [0.1, 0.15) is 10.8 Å². The first kappa shape index (κ1) is 21.1. The zero-order chi connectivity index (χ0) is 18.0. The molecule has 1 aliphatic heterocycles. The van der Waals surface area contributed by atoms with Crippen molar-refractivity contribution in [3.8, 4) is 0 Å². The zero-order valence-electron chi connectivity index (χ0n) is 14.6. The minimum atomic E-state index is -1.11. The van der Waals surface area contributed by atoms with Gasteiger partial charge in [-0.1, -0.05) is 41.9 Å². The Labute approximate surface area is 169 Å². The van der Waals surface area contributed by atoms with Crippen LogP contribution < -0.4 is 4.90 Å². The molecule has 0 aliphatic carbocycles. The van der Waals surface area contributed by atoms with Crippen LogP contribution in [-0.2, 0) is 4.79 Å². The largest absolute Gasteiger partial charge is 0.382 e. The predicted octanol–water partition coefficient (Wildman–Crippen LogP) is 3.86. The number of hydrogen-bond acceptors (Lipinski definition) is 4. The predicted molar refractivity (Wildman–Crippen MR) is 111 cm³/mol. The van der Waals surface area contributed by atoms with Crippen LogP contribution in [0.5, 0.6) is 0 Å². The number of hydrogen-bond donors (Lipinski definition) is 1. The summed E-state index contributed by atoms with van der Waals surface area (Å²) < 4.78 is 0. The van der Waals surface area contributed by atoms with Gasteiger partial charge in [-0.2, -0.15) is 0 Å². The van der Waals surface area contributed by atoms with Crippen molar-refractivity contribution in [1.82, 2.24) is 4.90 Å². The Morgan fingerprint density at radius 2 is 1.88 bits per heavy atom. The number of carbonyl (C=O) groups excluding carboxylic acids is 1. The van der Waals surface area contributed by atoms with Crippen molar-refractivity contribution >= 4 is 47.4 Å². The normalized spacial score (nSPS) is 19.7. The fourth-order valence-electron chi connectivity index (χ4n) is 2.83. The molecule has 0 bridgehead atoms. The van der Waals surface area contributed by atoms with Crippen molar-refractivity contribution in [3.63, 3.8) is 0 Å². The van der Waals surface area contributed by atoms with Gasteiger partial charge in [0.1, 0.15) is 6.10 Å². The Bertz CT molecular complexity index is 758. The van der Waals surface area contributed by atoms with Crippen LogP contribution in [0.2, 0.25) is 5.02 Å². The number of fused-ring (bicyclic) bond motifs is 1. The van der Waals surface area contributed by atoms with Crippen LogP contribution in [0.15, 0.2) is 53.4 Å². The van der Waals surface area contributed by atoms with E-state index in [2.05, 4.69) is 0 Å². The molecule has 4 nitrogen and oxygen atoms in total. The van der Waals surface area contributed by atoms with Gasteiger partial charge in [0, 0.05) is 23.0 Å². The zero-order valence-corrected chi connectivity index (χ0v) is 17.0. The van der Waals surface area contributed by atoms with E-state index in [0.717, 1.165) is 16.1 Å².